The molecule has 0 rings (SSSR count). The number of esters is 4. The van der Waals surface area contributed by atoms with E-state index in [0.717, 1.165) is 114 Å². The number of carbonyl (C=O) groups is 4. The zero-order chi connectivity index (χ0) is 63.2. The Kier molecular flexibility index (Phi) is 54.8. The quantitative estimate of drug-likeness (QED) is 0.0222. The van der Waals surface area contributed by atoms with Crippen molar-refractivity contribution in [2.45, 2.75) is 337 Å². The summed E-state index contributed by atoms with van der Waals surface area (Å²) >= 11 is 0. The van der Waals surface area contributed by atoms with Gasteiger partial charge in [-0.1, -0.05) is 267 Å². The van der Waals surface area contributed by atoms with Crippen molar-refractivity contribution in [1.29, 1.82) is 0 Å². The van der Waals surface area contributed by atoms with Crippen molar-refractivity contribution in [3.8, 4) is 0 Å². The van der Waals surface area contributed by atoms with Crippen LogP contribution in [-0.2, 0) is 65.4 Å². The van der Waals surface area contributed by atoms with Gasteiger partial charge in [0.05, 0.1) is 26.4 Å². The maximum atomic E-state index is 13.0. The summed E-state index contributed by atoms with van der Waals surface area (Å²) in [6, 6.07) is 0. The van der Waals surface area contributed by atoms with Crippen molar-refractivity contribution in [2.75, 3.05) is 39.6 Å². The number of carbonyl (C=O) groups excluding carboxylic acids is 4. The molecular weight excluding hydrogens is 1130 g/mol. The number of aliphatic hydroxyl groups excluding tert-OH is 1. The Bertz CT molecular complexity index is 1700. The Labute approximate surface area is 517 Å². The molecule has 0 aliphatic carbocycles. The maximum Gasteiger partial charge on any atom is 0.472 e. The van der Waals surface area contributed by atoms with E-state index in [0.29, 0.717) is 31.6 Å². The molecule has 0 saturated heterocycles. The van der Waals surface area contributed by atoms with Gasteiger partial charge in [-0.3, -0.25) is 37.3 Å². The second kappa shape index (κ2) is 56.1. The van der Waals surface area contributed by atoms with E-state index in [1.54, 1.807) is 0 Å². The normalized spacial score (nSPS) is 15.3. The van der Waals surface area contributed by atoms with Crippen molar-refractivity contribution >= 4 is 39.5 Å². The topological polar surface area (TPSA) is 237 Å². The summed E-state index contributed by atoms with van der Waals surface area (Å²) in [7, 11) is -9.89. The maximum absolute atomic E-state index is 13.0. The number of rotatable bonds is 63. The fourth-order valence-corrected chi connectivity index (χ4v) is 11.3. The molecule has 0 fully saturated rings. The van der Waals surface area contributed by atoms with Crippen molar-refractivity contribution < 1.29 is 80.2 Å². The molecule has 0 spiro atoms. The summed E-state index contributed by atoms with van der Waals surface area (Å²) in [6.45, 7) is 14.0. The molecule has 17 nitrogen and oxygen atoms in total. The average Bonchev–Trinajstić information content (AvgIpc) is 3.61. The molecule has 0 amide bonds. The molecule has 0 radical (unpaired) electrons. The van der Waals surface area contributed by atoms with Gasteiger partial charge >= 0.3 is 39.5 Å². The monoisotopic (exact) mass is 1250 g/mol. The van der Waals surface area contributed by atoms with Crippen LogP contribution in [0.5, 0.6) is 0 Å². The second-order valence-corrected chi connectivity index (χ2v) is 28.0. The van der Waals surface area contributed by atoms with Gasteiger partial charge in [-0.25, -0.2) is 9.13 Å². The SMILES string of the molecule is CCC(C)CCCCCCCCCCCCC(=O)OC[C@H](COP(=O)(O)OC[C@@H](O)COP(=O)(O)OC[C@@H](COC(=O)CCCCCCCCC(C)CC)OC(=O)CCCCCCCCC(C)C)OC(=O)CCCCCCCCCCC(C)CC. The van der Waals surface area contributed by atoms with E-state index in [2.05, 4.69) is 55.4 Å². The van der Waals surface area contributed by atoms with Gasteiger partial charge in [0.1, 0.15) is 19.3 Å². The lowest BCUT2D eigenvalue weighted by atomic mass is 9.99. The Hall–Kier alpha value is -1.94. The number of unbranched alkanes of at least 4 members (excludes halogenated alkanes) is 26. The van der Waals surface area contributed by atoms with E-state index < -0.39 is 97.5 Å². The number of aliphatic hydroxyl groups is 1. The first-order valence-corrected chi connectivity index (χ1v) is 37.3. The average molecular weight is 1260 g/mol. The summed E-state index contributed by atoms with van der Waals surface area (Å²) in [5.74, 6) is 0.838. The van der Waals surface area contributed by atoms with Crippen LogP contribution in [0, 0.1) is 23.7 Å². The lowest BCUT2D eigenvalue weighted by Gasteiger charge is -2.21. The third kappa shape index (κ3) is 57.0. The van der Waals surface area contributed by atoms with Crippen molar-refractivity contribution in [3.05, 3.63) is 0 Å². The number of hydrogen-bond donors (Lipinski definition) is 3. The minimum absolute atomic E-state index is 0.101. The van der Waals surface area contributed by atoms with Gasteiger partial charge in [0.2, 0.25) is 0 Å². The zero-order valence-electron chi connectivity index (χ0n) is 55.2. The molecule has 19 heteroatoms. The standard InChI is InChI=1S/C66H128O17P2/c1-9-57(6)43-35-27-18-14-12-13-15-20-30-38-46-63(68)76-52-61(82-65(70)48-40-32-21-17-16-19-28-36-44-58(7)10-2)54-80-84(72,73)78-50-60(67)51-79-85(74,75)81-55-62(83-66(71)49-41-33-24-22-26-34-42-56(4)5)53-77-64(69)47-39-31-25-23-29-37-45-59(8)11-3/h56-62,67H,9-55H2,1-8H3,(H,72,73)(H,74,75)/t57?,58?,59?,60-,61-,62-/m1/s1. The van der Waals surface area contributed by atoms with E-state index >= 15 is 0 Å². The minimum Gasteiger partial charge on any atom is -0.462 e. The van der Waals surface area contributed by atoms with Crippen molar-refractivity contribution in [3.63, 3.8) is 0 Å². The van der Waals surface area contributed by atoms with Crippen LogP contribution in [0.3, 0.4) is 0 Å². The molecule has 0 aliphatic heterocycles. The van der Waals surface area contributed by atoms with E-state index in [-0.39, 0.29) is 25.7 Å². The number of hydrogen-bond acceptors (Lipinski definition) is 15. The predicted octanol–water partition coefficient (Wildman–Crippen LogP) is 18.1. The summed E-state index contributed by atoms with van der Waals surface area (Å²) in [5.41, 5.74) is 0. The molecule has 5 unspecified atom stereocenters. The van der Waals surface area contributed by atoms with Gasteiger partial charge in [0.25, 0.3) is 0 Å². The smallest absolute Gasteiger partial charge is 0.462 e. The molecule has 0 saturated carbocycles. The lowest BCUT2D eigenvalue weighted by molar-refractivity contribution is -0.161. The van der Waals surface area contributed by atoms with Gasteiger partial charge in [-0.05, 0) is 49.4 Å². The number of phosphoric ester groups is 2. The highest BCUT2D eigenvalue weighted by Crippen LogP contribution is 2.45. The van der Waals surface area contributed by atoms with E-state index in [4.69, 9.17) is 37.0 Å². The van der Waals surface area contributed by atoms with Crippen LogP contribution in [-0.4, -0.2) is 96.7 Å². The molecule has 0 heterocycles. The highest BCUT2D eigenvalue weighted by Gasteiger charge is 2.30. The molecular formula is C66H128O17P2. The fraction of sp³-hybridized carbons (Fsp3) is 0.939. The molecule has 0 aliphatic rings. The third-order valence-electron chi connectivity index (χ3n) is 16.2. The zero-order valence-corrected chi connectivity index (χ0v) is 57.0. The molecule has 0 aromatic heterocycles. The summed E-state index contributed by atoms with van der Waals surface area (Å²) < 4.78 is 68.1. The van der Waals surface area contributed by atoms with Gasteiger partial charge < -0.3 is 33.8 Å². The highest BCUT2D eigenvalue weighted by atomic mass is 31.2. The molecule has 85 heavy (non-hydrogen) atoms. The van der Waals surface area contributed by atoms with Gasteiger partial charge in [0, 0.05) is 25.7 Å². The lowest BCUT2D eigenvalue weighted by Crippen LogP contribution is -2.30. The Morgan fingerprint density at radius 1 is 0.329 bits per heavy atom. The second-order valence-electron chi connectivity index (χ2n) is 25.1. The van der Waals surface area contributed by atoms with E-state index in [1.165, 1.54) is 116 Å². The van der Waals surface area contributed by atoms with E-state index in [1.807, 2.05) is 0 Å². The Morgan fingerprint density at radius 2 is 0.565 bits per heavy atom. The number of ether oxygens (including phenoxy) is 4. The molecule has 8 atom stereocenters. The molecule has 3 N–H and O–H groups in total. The van der Waals surface area contributed by atoms with Crippen LogP contribution in [0.4, 0.5) is 0 Å². The molecule has 0 bridgehead atoms. The van der Waals surface area contributed by atoms with E-state index in [9.17, 15) is 43.2 Å². The fourth-order valence-electron chi connectivity index (χ4n) is 9.69. The summed E-state index contributed by atoms with van der Waals surface area (Å²) in [6.07, 6.45) is 36.3. The first-order chi connectivity index (χ1) is 40.7. The first-order valence-electron chi connectivity index (χ1n) is 34.3. The van der Waals surface area contributed by atoms with Gasteiger partial charge in [-0.2, -0.15) is 0 Å². The van der Waals surface area contributed by atoms with Crippen LogP contribution in [0.15, 0.2) is 0 Å². The van der Waals surface area contributed by atoms with Crippen LogP contribution >= 0.6 is 15.6 Å². The van der Waals surface area contributed by atoms with Crippen LogP contribution in [0.2, 0.25) is 0 Å². The summed E-state index contributed by atoms with van der Waals surface area (Å²) in [4.78, 5) is 72.3. The largest absolute Gasteiger partial charge is 0.472 e. The third-order valence-corrected chi connectivity index (χ3v) is 18.1. The van der Waals surface area contributed by atoms with Crippen molar-refractivity contribution in [2.24, 2.45) is 23.7 Å². The molecule has 0 aromatic rings. The Morgan fingerprint density at radius 3 is 0.835 bits per heavy atom. The Balaban J connectivity index is 5.25. The molecule has 504 valence electrons. The first kappa shape index (κ1) is 83.1. The molecule has 0 aromatic carbocycles. The van der Waals surface area contributed by atoms with Gasteiger partial charge in [-0.15, -0.1) is 0 Å². The summed E-state index contributed by atoms with van der Waals surface area (Å²) in [5, 5.41) is 10.5. The van der Waals surface area contributed by atoms with Gasteiger partial charge in [0.15, 0.2) is 12.2 Å². The number of phosphoric acid groups is 2. The van der Waals surface area contributed by atoms with Crippen LogP contribution in [0.25, 0.3) is 0 Å². The van der Waals surface area contributed by atoms with Crippen LogP contribution in [0.1, 0.15) is 319 Å². The minimum atomic E-state index is -4.95. The predicted molar refractivity (Wildman–Crippen MR) is 340 cm³/mol. The van der Waals surface area contributed by atoms with Crippen molar-refractivity contribution in [1.82, 2.24) is 0 Å². The van der Waals surface area contributed by atoms with Crippen LogP contribution < -0.4 is 0 Å². The highest BCUT2D eigenvalue weighted by molar-refractivity contribution is 7.47.